The molecule has 0 bridgehead atoms. The van der Waals surface area contributed by atoms with Crippen LogP contribution in [0.5, 0.6) is 0 Å². The molecule has 2 aromatic heterocycles. The number of hydrogen-bond donors (Lipinski definition) is 7. The molecule has 186 valence electrons. The first-order valence-electron chi connectivity index (χ1n) is 9.33. The number of aromatic amines is 1. The molecule has 0 aromatic carbocycles. The summed E-state index contributed by atoms with van der Waals surface area (Å²) in [5, 5.41) is 22.5. The number of phosphoric acid groups is 2. The normalized spacial score (nSPS) is 34.6. The highest BCUT2D eigenvalue weighted by molar-refractivity contribution is 7.60. The summed E-state index contributed by atoms with van der Waals surface area (Å²) in [5.41, 5.74) is -2.66. The quantitative estimate of drug-likeness (QED) is 0.219. The third kappa shape index (κ3) is 4.39. The fourth-order valence-electron chi connectivity index (χ4n) is 3.86. The van der Waals surface area contributed by atoms with Crippen LogP contribution in [0.25, 0.3) is 11.2 Å². The molecule has 18 heteroatoms. The third-order valence-corrected chi connectivity index (χ3v) is 8.27. The van der Waals surface area contributed by atoms with Gasteiger partial charge in [0.1, 0.15) is 22.4 Å². The van der Waals surface area contributed by atoms with Crippen LogP contribution in [-0.2, 0) is 29.2 Å². The minimum absolute atomic E-state index is 0.0286. The highest BCUT2D eigenvalue weighted by Crippen LogP contribution is 2.60. The van der Waals surface area contributed by atoms with Crippen molar-refractivity contribution in [3.8, 4) is 0 Å². The van der Waals surface area contributed by atoms with Gasteiger partial charge in [0, 0.05) is 0 Å². The van der Waals surface area contributed by atoms with Crippen LogP contribution in [0.15, 0.2) is 11.1 Å². The van der Waals surface area contributed by atoms with Crippen LogP contribution >= 0.6 is 15.6 Å². The first-order chi connectivity index (χ1) is 14.7. The molecule has 8 N–H and O–H groups in total. The van der Waals surface area contributed by atoms with Crippen molar-refractivity contribution in [1.29, 1.82) is 0 Å². The van der Waals surface area contributed by atoms with Crippen molar-refractivity contribution >= 4 is 32.8 Å². The number of nitrogen functional groups attached to an aromatic ring is 1. The maximum absolute atomic E-state index is 12.0. The Morgan fingerprint density at radius 3 is 2.30 bits per heavy atom. The van der Waals surface area contributed by atoms with E-state index in [9.17, 15) is 29.0 Å². The summed E-state index contributed by atoms with van der Waals surface area (Å²) in [4.78, 5) is 49.4. The highest BCUT2D eigenvalue weighted by atomic mass is 31.3. The van der Waals surface area contributed by atoms with E-state index in [2.05, 4.69) is 23.8 Å². The summed E-state index contributed by atoms with van der Waals surface area (Å²) in [5.74, 6) is -0.174. The van der Waals surface area contributed by atoms with Crippen LogP contribution in [0.3, 0.4) is 0 Å². The average molecular weight is 513 g/mol. The molecule has 33 heavy (non-hydrogen) atoms. The van der Waals surface area contributed by atoms with E-state index in [-0.39, 0.29) is 23.7 Å². The van der Waals surface area contributed by atoms with Crippen molar-refractivity contribution in [2.75, 3.05) is 12.3 Å². The van der Waals surface area contributed by atoms with E-state index < -0.39 is 50.2 Å². The summed E-state index contributed by atoms with van der Waals surface area (Å²) in [6.07, 6.45) is 1.26. The van der Waals surface area contributed by atoms with Gasteiger partial charge in [-0.05, 0) is 27.7 Å². The van der Waals surface area contributed by atoms with Crippen molar-refractivity contribution in [1.82, 2.24) is 19.5 Å². The van der Waals surface area contributed by atoms with E-state index in [0.29, 0.717) is 0 Å². The summed E-state index contributed by atoms with van der Waals surface area (Å²) >= 11 is 0. The van der Waals surface area contributed by atoms with Gasteiger partial charge in [0.05, 0.1) is 19.5 Å². The Labute approximate surface area is 186 Å². The molecule has 0 saturated carbocycles. The lowest BCUT2D eigenvalue weighted by atomic mass is 9.70. The predicted octanol–water partition coefficient (Wildman–Crippen LogP) is -1.02. The van der Waals surface area contributed by atoms with E-state index in [1.54, 1.807) is 0 Å². The second-order valence-electron chi connectivity index (χ2n) is 8.52. The monoisotopic (exact) mass is 513 g/mol. The van der Waals surface area contributed by atoms with Crippen LogP contribution in [-0.4, -0.2) is 73.4 Å². The minimum Gasteiger partial charge on any atom is -0.384 e. The van der Waals surface area contributed by atoms with Crippen LogP contribution in [0.4, 0.5) is 5.95 Å². The van der Waals surface area contributed by atoms with Gasteiger partial charge in [0.2, 0.25) is 5.95 Å². The lowest BCUT2D eigenvalue weighted by molar-refractivity contribution is -0.160. The van der Waals surface area contributed by atoms with Crippen molar-refractivity contribution in [2.24, 2.45) is 0 Å². The first-order valence-corrected chi connectivity index (χ1v) is 12.4. The molecule has 3 rings (SSSR count). The summed E-state index contributed by atoms with van der Waals surface area (Å²) in [7, 11) is -10.6. The van der Waals surface area contributed by atoms with Crippen molar-refractivity contribution in [3.63, 3.8) is 0 Å². The van der Waals surface area contributed by atoms with Gasteiger partial charge in [0.25, 0.3) is 5.56 Å². The van der Waals surface area contributed by atoms with E-state index in [1.807, 2.05) is 0 Å². The van der Waals surface area contributed by atoms with Gasteiger partial charge in [-0.3, -0.25) is 14.3 Å². The minimum atomic E-state index is -5.37. The molecule has 1 aliphatic rings. The SMILES string of the molecule is CC1(O)[C@@](C)(COP(=O)(O)OP(=O)(O)O)O[C@@](C)(Cn2cnc3c(=O)[nH]c(N)nc32)[C@@]1(C)O. The molecule has 0 radical (unpaired) electrons. The van der Waals surface area contributed by atoms with Crippen LogP contribution in [0.1, 0.15) is 27.7 Å². The predicted molar refractivity (Wildman–Crippen MR) is 111 cm³/mol. The molecule has 3 heterocycles. The van der Waals surface area contributed by atoms with Gasteiger partial charge < -0.3 is 39.9 Å². The number of nitrogens with zero attached hydrogens (tertiary/aromatic N) is 3. The van der Waals surface area contributed by atoms with E-state index >= 15 is 0 Å². The second kappa shape index (κ2) is 7.65. The Kier molecular flexibility index (Phi) is 6.00. The van der Waals surface area contributed by atoms with Crippen LogP contribution in [0.2, 0.25) is 0 Å². The number of rotatable bonds is 7. The summed E-state index contributed by atoms with van der Waals surface area (Å²) in [6, 6.07) is 0. The van der Waals surface area contributed by atoms with E-state index in [4.69, 9.17) is 20.3 Å². The molecule has 1 fully saturated rings. The molecule has 1 aliphatic heterocycles. The number of ether oxygens (including phenoxy) is 1. The second-order valence-corrected chi connectivity index (χ2v) is 11.3. The Bertz CT molecular complexity index is 1240. The van der Waals surface area contributed by atoms with Gasteiger partial charge in [-0.25, -0.2) is 14.1 Å². The van der Waals surface area contributed by atoms with Crippen LogP contribution in [0, 0.1) is 0 Å². The zero-order chi connectivity index (χ0) is 25.3. The average Bonchev–Trinajstić information content (AvgIpc) is 3.03. The van der Waals surface area contributed by atoms with Gasteiger partial charge in [-0.15, -0.1) is 0 Å². The number of anilines is 1. The standard InChI is InChI=1S/C15H25N5O11P2/c1-12(5-20-7-17-8-9(20)18-11(16)19-10(8)21)14(3,22)15(4,23)13(2,30-12)6-29-33(27,28)31-32(24,25)26/h7,22-23H,5-6H2,1-4H3,(H,27,28)(H2,24,25,26)(H3,16,18,19,21)/t12-,13+,14+,15?/m0/s1. The summed E-state index contributed by atoms with van der Waals surface area (Å²) < 4.78 is 38.5. The molecular weight excluding hydrogens is 488 g/mol. The van der Waals surface area contributed by atoms with Gasteiger partial charge >= 0.3 is 15.6 Å². The molecule has 0 amide bonds. The number of H-pyrrole nitrogens is 1. The van der Waals surface area contributed by atoms with Crippen molar-refractivity contribution < 1.29 is 47.6 Å². The maximum Gasteiger partial charge on any atom is 0.481 e. The number of fused-ring (bicyclic) bond motifs is 1. The number of aromatic nitrogens is 4. The lowest BCUT2D eigenvalue weighted by Gasteiger charge is -2.42. The highest BCUT2D eigenvalue weighted by Gasteiger charge is 2.72. The fraction of sp³-hybridized carbons (Fsp3) is 0.667. The van der Waals surface area contributed by atoms with Crippen LogP contribution < -0.4 is 11.3 Å². The van der Waals surface area contributed by atoms with Gasteiger partial charge in [0.15, 0.2) is 11.2 Å². The molecule has 16 nitrogen and oxygen atoms in total. The van der Waals surface area contributed by atoms with Gasteiger partial charge in [-0.1, -0.05) is 0 Å². The Morgan fingerprint density at radius 1 is 1.15 bits per heavy atom. The fourth-order valence-corrected chi connectivity index (χ4v) is 5.53. The largest absolute Gasteiger partial charge is 0.481 e. The smallest absolute Gasteiger partial charge is 0.384 e. The van der Waals surface area contributed by atoms with Crippen molar-refractivity contribution in [2.45, 2.75) is 56.6 Å². The lowest BCUT2D eigenvalue weighted by Crippen LogP contribution is -2.63. The molecule has 0 aliphatic carbocycles. The first kappa shape index (κ1) is 25.9. The van der Waals surface area contributed by atoms with Crippen molar-refractivity contribution in [3.05, 3.63) is 16.7 Å². The Balaban J connectivity index is 1.95. The molecule has 2 unspecified atom stereocenters. The third-order valence-electron chi connectivity index (χ3n) is 6.14. The molecular formula is C15H25N5O11P2. The van der Waals surface area contributed by atoms with E-state index in [0.717, 1.165) is 0 Å². The molecule has 5 atom stereocenters. The molecule has 2 aromatic rings. The molecule has 0 spiro atoms. The number of nitrogens with two attached hydrogens (primary N) is 1. The Hall–Kier alpha value is -1.71. The van der Waals surface area contributed by atoms with Gasteiger partial charge in [-0.2, -0.15) is 9.29 Å². The maximum atomic E-state index is 12.0. The summed E-state index contributed by atoms with van der Waals surface area (Å²) in [6.45, 7) is 4.03. The number of imidazole rings is 1. The topological polar surface area (TPSA) is 253 Å². The van der Waals surface area contributed by atoms with E-state index in [1.165, 1.54) is 38.6 Å². The number of hydrogen-bond acceptors (Lipinski definition) is 11. The zero-order valence-electron chi connectivity index (χ0n) is 18.0. The number of phosphoric ester groups is 1. The molecule has 1 saturated heterocycles. The number of nitrogens with one attached hydrogen (secondary N) is 1. The Morgan fingerprint density at radius 2 is 1.73 bits per heavy atom. The zero-order valence-corrected chi connectivity index (χ0v) is 19.8. The number of aliphatic hydroxyl groups is 2.